The van der Waals surface area contributed by atoms with Gasteiger partial charge >= 0.3 is 0 Å². The van der Waals surface area contributed by atoms with Gasteiger partial charge in [-0.15, -0.1) is 0 Å². The predicted octanol–water partition coefficient (Wildman–Crippen LogP) is 1.05. The molecule has 4 heteroatoms. The lowest BCUT2D eigenvalue weighted by Crippen LogP contribution is -2.12. The fourth-order valence-corrected chi connectivity index (χ4v) is 1.05. The Balaban J connectivity index is 2.27. The molecule has 0 aromatic carbocycles. The molecule has 0 saturated carbocycles. The molecule has 0 fully saturated rings. The topological polar surface area (TPSA) is 67.8 Å². The van der Waals surface area contributed by atoms with Crippen molar-refractivity contribution < 1.29 is 4.42 Å². The number of imidazole rings is 1. The van der Waals surface area contributed by atoms with E-state index in [1.54, 1.807) is 24.7 Å². The van der Waals surface area contributed by atoms with Crippen LogP contribution >= 0.6 is 0 Å². The minimum atomic E-state index is -0.296. The van der Waals surface area contributed by atoms with E-state index in [9.17, 15) is 0 Å². The second kappa shape index (κ2) is 2.83. The van der Waals surface area contributed by atoms with E-state index in [1.165, 1.54) is 0 Å². The Kier molecular flexibility index (Phi) is 1.68. The molecule has 0 radical (unpaired) electrons. The summed E-state index contributed by atoms with van der Waals surface area (Å²) in [5.41, 5.74) is 5.82. The highest BCUT2D eigenvalue weighted by molar-refractivity contribution is 5.13. The summed E-state index contributed by atoms with van der Waals surface area (Å²) in [7, 11) is 0. The highest BCUT2D eigenvalue weighted by Crippen LogP contribution is 2.15. The van der Waals surface area contributed by atoms with Gasteiger partial charge in [-0.3, -0.25) is 0 Å². The number of rotatable bonds is 2. The lowest BCUT2D eigenvalue weighted by atomic mass is 10.2. The van der Waals surface area contributed by atoms with E-state index in [0.29, 0.717) is 11.6 Å². The quantitative estimate of drug-likeness (QED) is 0.695. The van der Waals surface area contributed by atoms with E-state index in [2.05, 4.69) is 9.97 Å². The smallest absolute Gasteiger partial charge is 0.130 e. The van der Waals surface area contributed by atoms with Crippen LogP contribution in [0.15, 0.2) is 35.2 Å². The summed E-state index contributed by atoms with van der Waals surface area (Å²) in [5, 5.41) is 0. The third kappa shape index (κ3) is 1.12. The Labute approximate surface area is 69.4 Å². The van der Waals surface area contributed by atoms with Gasteiger partial charge in [-0.05, 0) is 12.1 Å². The van der Waals surface area contributed by atoms with Crippen molar-refractivity contribution in [1.29, 1.82) is 0 Å². The number of aromatic nitrogens is 2. The molecule has 0 aliphatic rings. The number of hydrogen-bond donors (Lipinski definition) is 2. The molecule has 0 aliphatic carbocycles. The lowest BCUT2D eigenvalue weighted by Gasteiger charge is -2.03. The van der Waals surface area contributed by atoms with Gasteiger partial charge in [0.25, 0.3) is 0 Å². The number of nitrogens with zero attached hydrogens (tertiary/aromatic N) is 1. The molecule has 2 heterocycles. The van der Waals surface area contributed by atoms with E-state index in [-0.39, 0.29) is 6.04 Å². The molecule has 0 saturated heterocycles. The molecule has 3 N–H and O–H groups in total. The SMILES string of the molecule is NC(c1ncc[nH]1)c1ccco1. The van der Waals surface area contributed by atoms with Crippen LogP contribution < -0.4 is 5.73 Å². The number of hydrogen-bond acceptors (Lipinski definition) is 3. The van der Waals surface area contributed by atoms with Crippen LogP contribution in [-0.2, 0) is 0 Å². The van der Waals surface area contributed by atoms with E-state index in [1.807, 2.05) is 6.07 Å². The average molecular weight is 163 g/mol. The van der Waals surface area contributed by atoms with Crippen LogP contribution in [0.2, 0.25) is 0 Å². The van der Waals surface area contributed by atoms with Gasteiger partial charge in [-0.25, -0.2) is 4.98 Å². The third-order valence-corrected chi connectivity index (χ3v) is 1.66. The van der Waals surface area contributed by atoms with E-state index < -0.39 is 0 Å². The zero-order chi connectivity index (χ0) is 8.39. The number of furan rings is 1. The van der Waals surface area contributed by atoms with Crippen LogP contribution in [-0.4, -0.2) is 9.97 Å². The Bertz CT molecular complexity index is 291. The first-order valence-corrected chi connectivity index (χ1v) is 3.66. The molecule has 62 valence electrons. The summed E-state index contributed by atoms with van der Waals surface area (Å²) in [6.07, 6.45) is 4.99. The number of nitrogens with two attached hydrogens (primary N) is 1. The molecule has 4 nitrogen and oxygen atoms in total. The van der Waals surface area contributed by atoms with Crippen LogP contribution in [0.4, 0.5) is 0 Å². The van der Waals surface area contributed by atoms with E-state index in [4.69, 9.17) is 10.2 Å². The molecule has 12 heavy (non-hydrogen) atoms. The van der Waals surface area contributed by atoms with Crippen LogP contribution in [0.5, 0.6) is 0 Å². The molecule has 0 spiro atoms. The van der Waals surface area contributed by atoms with Crippen molar-refractivity contribution in [3.63, 3.8) is 0 Å². The van der Waals surface area contributed by atoms with Crippen molar-refractivity contribution in [3.8, 4) is 0 Å². The highest BCUT2D eigenvalue weighted by Gasteiger charge is 2.12. The molecular weight excluding hydrogens is 154 g/mol. The summed E-state index contributed by atoms with van der Waals surface area (Å²) in [5.74, 6) is 1.43. The lowest BCUT2D eigenvalue weighted by molar-refractivity contribution is 0.483. The standard InChI is InChI=1S/C8H9N3O/c9-7(6-2-1-5-12-6)8-10-3-4-11-8/h1-5,7H,9H2,(H,10,11). The monoisotopic (exact) mass is 163 g/mol. The maximum absolute atomic E-state index is 5.82. The Morgan fingerprint density at radius 2 is 2.50 bits per heavy atom. The van der Waals surface area contributed by atoms with E-state index >= 15 is 0 Å². The van der Waals surface area contributed by atoms with Crippen molar-refractivity contribution in [1.82, 2.24) is 9.97 Å². The minimum absolute atomic E-state index is 0.296. The van der Waals surface area contributed by atoms with Crippen LogP contribution in [0.3, 0.4) is 0 Å². The van der Waals surface area contributed by atoms with E-state index in [0.717, 1.165) is 0 Å². The summed E-state index contributed by atoms with van der Waals surface area (Å²) < 4.78 is 5.13. The molecule has 1 unspecified atom stereocenters. The highest BCUT2D eigenvalue weighted by atomic mass is 16.3. The normalized spacial score (nSPS) is 13.1. The first kappa shape index (κ1) is 7.12. The molecule has 2 aromatic heterocycles. The van der Waals surface area contributed by atoms with Gasteiger partial charge in [0.15, 0.2) is 0 Å². The van der Waals surface area contributed by atoms with Crippen molar-refractivity contribution >= 4 is 0 Å². The average Bonchev–Trinajstić information content (AvgIpc) is 2.77. The first-order valence-electron chi connectivity index (χ1n) is 3.66. The van der Waals surface area contributed by atoms with Crippen molar-refractivity contribution in [2.45, 2.75) is 6.04 Å². The number of H-pyrrole nitrogens is 1. The number of nitrogens with one attached hydrogen (secondary N) is 1. The third-order valence-electron chi connectivity index (χ3n) is 1.66. The predicted molar refractivity (Wildman–Crippen MR) is 43.3 cm³/mol. The van der Waals surface area contributed by atoms with Crippen molar-refractivity contribution in [3.05, 3.63) is 42.4 Å². The van der Waals surface area contributed by atoms with Gasteiger partial charge in [0, 0.05) is 12.4 Å². The van der Waals surface area contributed by atoms with Gasteiger partial charge in [0.05, 0.1) is 6.26 Å². The molecule has 1 atom stereocenters. The Morgan fingerprint density at radius 3 is 3.08 bits per heavy atom. The van der Waals surface area contributed by atoms with Gasteiger partial charge in [0.2, 0.25) is 0 Å². The van der Waals surface area contributed by atoms with Gasteiger partial charge < -0.3 is 15.1 Å². The first-order chi connectivity index (χ1) is 5.88. The fraction of sp³-hybridized carbons (Fsp3) is 0.125. The fourth-order valence-electron chi connectivity index (χ4n) is 1.05. The zero-order valence-corrected chi connectivity index (χ0v) is 6.40. The minimum Gasteiger partial charge on any atom is -0.467 e. The van der Waals surface area contributed by atoms with Gasteiger partial charge in [-0.2, -0.15) is 0 Å². The molecule has 0 amide bonds. The Hall–Kier alpha value is -1.55. The molecule has 2 aromatic rings. The van der Waals surface area contributed by atoms with Gasteiger partial charge in [0.1, 0.15) is 17.6 Å². The molecule has 2 rings (SSSR count). The maximum atomic E-state index is 5.82. The maximum Gasteiger partial charge on any atom is 0.130 e. The summed E-state index contributed by atoms with van der Waals surface area (Å²) in [6, 6.07) is 3.33. The van der Waals surface area contributed by atoms with Gasteiger partial charge in [-0.1, -0.05) is 0 Å². The zero-order valence-electron chi connectivity index (χ0n) is 6.40. The second-order valence-corrected chi connectivity index (χ2v) is 2.47. The van der Waals surface area contributed by atoms with Crippen molar-refractivity contribution in [2.24, 2.45) is 5.73 Å². The summed E-state index contributed by atoms with van der Waals surface area (Å²) in [4.78, 5) is 6.96. The Morgan fingerprint density at radius 1 is 1.58 bits per heavy atom. The number of aromatic amines is 1. The summed E-state index contributed by atoms with van der Waals surface area (Å²) >= 11 is 0. The largest absolute Gasteiger partial charge is 0.467 e. The summed E-state index contributed by atoms with van der Waals surface area (Å²) in [6.45, 7) is 0. The van der Waals surface area contributed by atoms with Crippen molar-refractivity contribution in [2.75, 3.05) is 0 Å². The van der Waals surface area contributed by atoms with Crippen LogP contribution in [0.25, 0.3) is 0 Å². The van der Waals surface area contributed by atoms with Crippen LogP contribution in [0, 0.1) is 0 Å². The van der Waals surface area contributed by atoms with Crippen LogP contribution in [0.1, 0.15) is 17.6 Å². The molecular formula is C8H9N3O. The molecule has 0 aliphatic heterocycles. The molecule has 0 bridgehead atoms. The second-order valence-electron chi connectivity index (χ2n) is 2.47.